The molecule has 3 N–H and O–H groups in total. The first-order valence-corrected chi connectivity index (χ1v) is 4.04. The van der Waals surface area contributed by atoms with Crippen molar-refractivity contribution < 1.29 is 9.84 Å². The van der Waals surface area contributed by atoms with Crippen LogP contribution in [0.1, 0.15) is 19.8 Å². The predicted molar refractivity (Wildman–Crippen MR) is 45.4 cm³/mol. The van der Waals surface area contributed by atoms with Crippen LogP contribution in [0.3, 0.4) is 0 Å². The predicted octanol–water partition coefficient (Wildman–Crippen LogP) is 0.370. The summed E-state index contributed by atoms with van der Waals surface area (Å²) in [5, 5.41) is 8.78. The van der Waals surface area contributed by atoms with Gasteiger partial charge in [0.15, 0.2) is 0 Å². The average Bonchev–Trinajstić information content (AvgIpc) is 2.04. The van der Waals surface area contributed by atoms with Crippen molar-refractivity contribution in [2.24, 2.45) is 11.1 Å². The van der Waals surface area contributed by atoms with Crippen LogP contribution in [0.2, 0.25) is 0 Å². The lowest BCUT2D eigenvalue weighted by molar-refractivity contribution is 0.0597. The summed E-state index contributed by atoms with van der Waals surface area (Å²) >= 11 is 0. The number of rotatable bonds is 6. The van der Waals surface area contributed by atoms with E-state index >= 15 is 0 Å². The van der Waals surface area contributed by atoms with Crippen LogP contribution in [0.15, 0.2) is 0 Å². The maximum absolute atomic E-state index is 8.78. The lowest BCUT2D eigenvalue weighted by Gasteiger charge is -2.29. The van der Waals surface area contributed by atoms with E-state index in [1.807, 2.05) is 0 Å². The first kappa shape index (κ1) is 10.9. The smallest absolute Gasteiger partial charge is 0.0531 e. The number of hydrogen-bond acceptors (Lipinski definition) is 3. The van der Waals surface area contributed by atoms with Crippen LogP contribution < -0.4 is 5.73 Å². The molecule has 68 valence electrons. The van der Waals surface area contributed by atoms with Gasteiger partial charge in [-0.1, -0.05) is 6.92 Å². The summed E-state index contributed by atoms with van der Waals surface area (Å²) in [6, 6.07) is 0. The summed E-state index contributed by atoms with van der Waals surface area (Å²) in [5.74, 6) is 0. The molecule has 0 bridgehead atoms. The minimum absolute atomic E-state index is 0.0104. The van der Waals surface area contributed by atoms with Crippen molar-refractivity contribution in [3.63, 3.8) is 0 Å². The molecule has 0 aromatic heterocycles. The van der Waals surface area contributed by atoms with Gasteiger partial charge in [0.05, 0.1) is 6.61 Å². The van der Waals surface area contributed by atoms with Crippen LogP contribution in [-0.2, 0) is 4.74 Å². The fraction of sp³-hybridized carbons (Fsp3) is 1.00. The van der Waals surface area contributed by atoms with E-state index in [1.165, 1.54) is 0 Å². The summed E-state index contributed by atoms with van der Waals surface area (Å²) in [6.45, 7) is 3.48. The van der Waals surface area contributed by atoms with Crippen molar-refractivity contribution >= 4 is 0 Å². The summed E-state index contributed by atoms with van der Waals surface area (Å²) in [4.78, 5) is 0. The molecule has 0 aromatic carbocycles. The zero-order chi connectivity index (χ0) is 8.74. The number of aliphatic hydroxyl groups excluding tert-OH is 1. The Hall–Kier alpha value is -0.120. The van der Waals surface area contributed by atoms with E-state index in [1.54, 1.807) is 7.11 Å². The fourth-order valence-corrected chi connectivity index (χ4v) is 1.20. The van der Waals surface area contributed by atoms with Crippen molar-refractivity contribution in [3.05, 3.63) is 0 Å². The molecule has 0 radical (unpaired) electrons. The zero-order valence-corrected chi connectivity index (χ0v) is 7.47. The highest BCUT2D eigenvalue weighted by Crippen LogP contribution is 2.24. The second-order valence-corrected chi connectivity index (χ2v) is 2.96. The van der Waals surface area contributed by atoms with Crippen molar-refractivity contribution in [1.82, 2.24) is 0 Å². The second kappa shape index (κ2) is 5.52. The van der Waals surface area contributed by atoms with Gasteiger partial charge in [-0.05, 0) is 12.8 Å². The van der Waals surface area contributed by atoms with E-state index in [2.05, 4.69) is 6.92 Å². The normalized spacial score (nSPS) is 16.4. The highest BCUT2D eigenvalue weighted by molar-refractivity contribution is 4.78. The third-order valence-electron chi connectivity index (χ3n) is 2.28. The second-order valence-electron chi connectivity index (χ2n) is 2.96. The number of methoxy groups -OCH3 is 1. The Morgan fingerprint density at radius 1 is 1.55 bits per heavy atom. The van der Waals surface area contributed by atoms with Gasteiger partial charge in [0.2, 0.25) is 0 Å². The van der Waals surface area contributed by atoms with Crippen LogP contribution in [0, 0.1) is 5.41 Å². The Kier molecular flexibility index (Phi) is 5.46. The minimum atomic E-state index is -0.0104. The van der Waals surface area contributed by atoms with Crippen molar-refractivity contribution in [3.8, 4) is 0 Å². The van der Waals surface area contributed by atoms with Crippen molar-refractivity contribution in [2.75, 3.05) is 26.9 Å². The highest BCUT2D eigenvalue weighted by Gasteiger charge is 2.25. The van der Waals surface area contributed by atoms with Crippen LogP contribution in [0.4, 0.5) is 0 Å². The first-order chi connectivity index (χ1) is 5.24. The van der Waals surface area contributed by atoms with E-state index in [-0.39, 0.29) is 12.0 Å². The van der Waals surface area contributed by atoms with Gasteiger partial charge < -0.3 is 15.6 Å². The third kappa shape index (κ3) is 3.18. The molecule has 11 heavy (non-hydrogen) atoms. The van der Waals surface area contributed by atoms with Gasteiger partial charge in [0.1, 0.15) is 0 Å². The Labute approximate surface area is 68.5 Å². The monoisotopic (exact) mass is 161 g/mol. The standard InChI is InChI=1S/C8H19NO2/c1-3-8(6-9,4-5-10)7-11-2/h10H,3-7,9H2,1-2H3. The van der Waals surface area contributed by atoms with E-state index in [4.69, 9.17) is 15.6 Å². The summed E-state index contributed by atoms with van der Waals surface area (Å²) in [5.41, 5.74) is 5.59. The maximum Gasteiger partial charge on any atom is 0.0531 e. The number of ether oxygens (including phenoxy) is 1. The average molecular weight is 161 g/mol. The van der Waals surface area contributed by atoms with Gasteiger partial charge in [0.25, 0.3) is 0 Å². The molecule has 0 aromatic rings. The van der Waals surface area contributed by atoms with Gasteiger partial charge in [0, 0.05) is 25.7 Å². The van der Waals surface area contributed by atoms with Gasteiger partial charge in [-0.25, -0.2) is 0 Å². The molecule has 0 saturated heterocycles. The van der Waals surface area contributed by atoms with Crippen LogP contribution in [0.25, 0.3) is 0 Å². The topological polar surface area (TPSA) is 55.5 Å². The summed E-state index contributed by atoms with van der Waals surface area (Å²) < 4.78 is 5.05. The molecule has 0 amide bonds. The maximum atomic E-state index is 8.78. The summed E-state index contributed by atoms with van der Waals surface area (Å²) in [6.07, 6.45) is 1.69. The van der Waals surface area contributed by atoms with E-state index in [0.29, 0.717) is 13.2 Å². The van der Waals surface area contributed by atoms with Gasteiger partial charge in [-0.2, -0.15) is 0 Å². The largest absolute Gasteiger partial charge is 0.396 e. The molecule has 3 nitrogen and oxygen atoms in total. The molecule has 0 saturated carbocycles. The minimum Gasteiger partial charge on any atom is -0.396 e. The molecule has 0 aliphatic heterocycles. The lowest BCUT2D eigenvalue weighted by atomic mass is 9.83. The molecular formula is C8H19NO2. The SMILES string of the molecule is CCC(CN)(CCO)COC. The molecule has 0 spiro atoms. The van der Waals surface area contributed by atoms with E-state index in [0.717, 1.165) is 12.8 Å². The van der Waals surface area contributed by atoms with Crippen LogP contribution in [0.5, 0.6) is 0 Å². The molecule has 3 heteroatoms. The molecule has 0 aliphatic carbocycles. The fourth-order valence-electron chi connectivity index (χ4n) is 1.20. The van der Waals surface area contributed by atoms with Crippen LogP contribution in [-0.4, -0.2) is 32.0 Å². The third-order valence-corrected chi connectivity index (χ3v) is 2.28. The summed E-state index contributed by atoms with van der Waals surface area (Å²) in [7, 11) is 1.66. The molecule has 0 fully saturated rings. The van der Waals surface area contributed by atoms with Crippen LogP contribution >= 0.6 is 0 Å². The quantitative estimate of drug-likeness (QED) is 0.592. The molecule has 0 aliphatic rings. The van der Waals surface area contributed by atoms with E-state index < -0.39 is 0 Å². The van der Waals surface area contributed by atoms with Gasteiger partial charge >= 0.3 is 0 Å². The first-order valence-electron chi connectivity index (χ1n) is 4.04. The van der Waals surface area contributed by atoms with E-state index in [9.17, 15) is 0 Å². The Bertz CT molecular complexity index is 84.1. The molecule has 1 atom stereocenters. The zero-order valence-electron chi connectivity index (χ0n) is 7.47. The van der Waals surface area contributed by atoms with Crippen molar-refractivity contribution in [1.29, 1.82) is 0 Å². The Morgan fingerprint density at radius 2 is 2.18 bits per heavy atom. The number of aliphatic hydroxyl groups is 1. The molecule has 0 rings (SSSR count). The van der Waals surface area contributed by atoms with Gasteiger partial charge in [-0.15, -0.1) is 0 Å². The Balaban J connectivity index is 3.96. The highest BCUT2D eigenvalue weighted by atomic mass is 16.5. The Morgan fingerprint density at radius 3 is 2.45 bits per heavy atom. The van der Waals surface area contributed by atoms with Crippen molar-refractivity contribution in [2.45, 2.75) is 19.8 Å². The lowest BCUT2D eigenvalue weighted by Crippen LogP contribution is -2.35. The number of nitrogens with two attached hydrogens (primary N) is 1. The number of hydrogen-bond donors (Lipinski definition) is 2. The molecular weight excluding hydrogens is 142 g/mol. The molecule has 0 heterocycles. The molecule has 1 unspecified atom stereocenters. The van der Waals surface area contributed by atoms with Gasteiger partial charge in [-0.3, -0.25) is 0 Å².